The molecule has 0 aliphatic carbocycles. The molecule has 116 valence electrons. The number of nitrogens with two attached hydrogens (primary N) is 1. The van der Waals surface area contributed by atoms with E-state index >= 15 is 0 Å². The van der Waals surface area contributed by atoms with Crippen LogP contribution in [0.25, 0.3) is 0 Å². The maximum atomic E-state index is 12.3. The molecule has 0 radical (unpaired) electrons. The molecule has 1 atom stereocenters. The molecule has 1 unspecified atom stereocenters. The van der Waals surface area contributed by atoms with Gasteiger partial charge in [-0.05, 0) is 18.0 Å². The largest absolute Gasteiger partial charge is 0.383 e. The van der Waals surface area contributed by atoms with Crippen molar-refractivity contribution in [2.24, 2.45) is 0 Å². The van der Waals surface area contributed by atoms with E-state index < -0.39 is 10.0 Å². The van der Waals surface area contributed by atoms with E-state index in [1.54, 1.807) is 7.11 Å². The van der Waals surface area contributed by atoms with Crippen molar-refractivity contribution in [2.45, 2.75) is 30.7 Å². The first kappa shape index (κ1) is 17.2. The lowest BCUT2D eigenvalue weighted by atomic mass is 10.2. The molecule has 1 heterocycles. The number of sulfonamides is 1. The summed E-state index contributed by atoms with van der Waals surface area (Å²) in [5, 5.41) is 3.64. The van der Waals surface area contributed by atoms with Crippen LogP contribution >= 0.6 is 11.5 Å². The molecule has 9 heteroatoms. The van der Waals surface area contributed by atoms with Crippen LogP contribution in [-0.2, 0) is 14.8 Å². The van der Waals surface area contributed by atoms with Crippen molar-refractivity contribution in [2.75, 3.05) is 38.9 Å². The number of rotatable bonds is 8. The van der Waals surface area contributed by atoms with Gasteiger partial charge in [0, 0.05) is 21.2 Å². The van der Waals surface area contributed by atoms with E-state index in [0.717, 1.165) is 28.7 Å². The van der Waals surface area contributed by atoms with Gasteiger partial charge in [-0.2, -0.15) is 4.37 Å². The van der Waals surface area contributed by atoms with Gasteiger partial charge in [0.2, 0.25) is 10.0 Å². The number of methoxy groups -OCH3 is 1. The van der Waals surface area contributed by atoms with Gasteiger partial charge in [0.05, 0.1) is 12.6 Å². The fourth-order valence-corrected chi connectivity index (χ4v) is 3.89. The first-order valence-electron chi connectivity index (χ1n) is 6.27. The zero-order chi connectivity index (χ0) is 15.3. The molecular formula is C11H22N4O3S2. The van der Waals surface area contributed by atoms with Gasteiger partial charge in [0.25, 0.3) is 0 Å². The Morgan fingerprint density at radius 3 is 2.65 bits per heavy atom. The standard InChI is InChI=1S/C11H22N4O3S2/c1-5-6-8(7-18-4)13-11-9(10(12)14-19-11)20(16,17)15(2)3/h8,13H,5-7H2,1-4H3,(H2,12,14). The number of nitrogens with one attached hydrogen (secondary N) is 1. The van der Waals surface area contributed by atoms with Gasteiger partial charge < -0.3 is 15.8 Å². The van der Waals surface area contributed by atoms with E-state index in [2.05, 4.69) is 16.6 Å². The highest BCUT2D eigenvalue weighted by molar-refractivity contribution is 7.89. The molecule has 0 aliphatic heterocycles. The summed E-state index contributed by atoms with van der Waals surface area (Å²) in [5.74, 6) is 0.0267. The molecule has 1 aromatic heterocycles. The molecule has 7 nitrogen and oxygen atoms in total. The van der Waals surface area contributed by atoms with Crippen LogP contribution in [0.2, 0.25) is 0 Å². The van der Waals surface area contributed by atoms with Crippen molar-refractivity contribution in [3.05, 3.63) is 0 Å². The van der Waals surface area contributed by atoms with Gasteiger partial charge in [-0.1, -0.05) is 13.3 Å². The number of aromatic nitrogens is 1. The van der Waals surface area contributed by atoms with Crippen LogP contribution in [0, 0.1) is 0 Å². The molecule has 0 aromatic carbocycles. The SMILES string of the molecule is CCCC(COC)Nc1snc(N)c1S(=O)(=O)N(C)C. The molecule has 3 N–H and O–H groups in total. The summed E-state index contributed by atoms with van der Waals surface area (Å²) in [6, 6.07) is 0.0287. The third-order valence-corrected chi connectivity index (χ3v) is 5.57. The Morgan fingerprint density at radius 2 is 2.15 bits per heavy atom. The summed E-state index contributed by atoms with van der Waals surface area (Å²) in [6.45, 7) is 2.55. The Bertz CT molecular complexity index is 522. The number of hydrogen-bond donors (Lipinski definition) is 2. The fourth-order valence-electron chi connectivity index (χ4n) is 1.75. The third-order valence-electron chi connectivity index (χ3n) is 2.75. The summed E-state index contributed by atoms with van der Waals surface area (Å²) in [4.78, 5) is 0.0460. The summed E-state index contributed by atoms with van der Waals surface area (Å²) < 4.78 is 34.8. The fraction of sp³-hybridized carbons (Fsp3) is 0.727. The normalized spacial score (nSPS) is 13.7. The molecule has 0 saturated carbocycles. The number of nitrogens with zero attached hydrogens (tertiary/aromatic N) is 2. The lowest BCUT2D eigenvalue weighted by Gasteiger charge is -2.19. The number of nitrogen functional groups attached to an aromatic ring is 1. The number of anilines is 2. The van der Waals surface area contributed by atoms with E-state index in [-0.39, 0.29) is 16.8 Å². The van der Waals surface area contributed by atoms with E-state index in [1.165, 1.54) is 14.1 Å². The molecule has 0 amide bonds. The van der Waals surface area contributed by atoms with E-state index in [4.69, 9.17) is 10.5 Å². The molecule has 0 bridgehead atoms. The third kappa shape index (κ3) is 3.81. The molecule has 0 saturated heterocycles. The van der Waals surface area contributed by atoms with Crippen molar-refractivity contribution in [3.63, 3.8) is 0 Å². The summed E-state index contributed by atoms with van der Waals surface area (Å²) >= 11 is 1.05. The van der Waals surface area contributed by atoms with Crippen molar-refractivity contribution in [3.8, 4) is 0 Å². The molecular weight excluding hydrogens is 300 g/mol. The van der Waals surface area contributed by atoms with Crippen LogP contribution in [0.5, 0.6) is 0 Å². The Morgan fingerprint density at radius 1 is 1.50 bits per heavy atom. The lowest BCUT2D eigenvalue weighted by Crippen LogP contribution is -2.27. The quantitative estimate of drug-likeness (QED) is 0.746. The van der Waals surface area contributed by atoms with E-state index in [9.17, 15) is 8.42 Å². The van der Waals surface area contributed by atoms with Crippen molar-refractivity contribution in [1.82, 2.24) is 8.68 Å². The lowest BCUT2D eigenvalue weighted by molar-refractivity contribution is 0.182. The molecule has 20 heavy (non-hydrogen) atoms. The van der Waals surface area contributed by atoms with Crippen molar-refractivity contribution in [1.29, 1.82) is 0 Å². The second-order valence-corrected chi connectivity index (χ2v) is 7.46. The second-order valence-electron chi connectivity index (χ2n) is 4.60. The van der Waals surface area contributed by atoms with Gasteiger partial charge in [-0.25, -0.2) is 12.7 Å². The van der Waals surface area contributed by atoms with Crippen molar-refractivity contribution >= 4 is 32.4 Å². The van der Waals surface area contributed by atoms with Crippen LogP contribution in [0.15, 0.2) is 4.90 Å². The average molecular weight is 322 g/mol. The Labute approximate surface area is 124 Å². The predicted molar refractivity (Wildman–Crippen MR) is 81.6 cm³/mol. The van der Waals surface area contributed by atoms with Gasteiger partial charge in [0.1, 0.15) is 5.00 Å². The highest BCUT2D eigenvalue weighted by Gasteiger charge is 2.28. The predicted octanol–water partition coefficient (Wildman–Crippen LogP) is 1.20. The minimum absolute atomic E-state index is 0.0267. The maximum absolute atomic E-state index is 12.3. The average Bonchev–Trinajstić information content (AvgIpc) is 2.71. The Kier molecular flexibility index (Phi) is 6.18. The first-order chi connectivity index (χ1) is 9.34. The zero-order valence-corrected chi connectivity index (χ0v) is 13.8. The van der Waals surface area contributed by atoms with Crippen LogP contribution in [0.1, 0.15) is 19.8 Å². The zero-order valence-electron chi connectivity index (χ0n) is 12.2. The molecule has 1 rings (SSSR count). The number of hydrogen-bond acceptors (Lipinski definition) is 7. The number of ether oxygens (including phenoxy) is 1. The molecule has 0 aliphatic rings. The van der Waals surface area contributed by atoms with E-state index in [1.807, 2.05) is 0 Å². The van der Waals surface area contributed by atoms with Gasteiger partial charge in [-0.15, -0.1) is 0 Å². The molecule has 1 aromatic rings. The summed E-state index contributed by atoms with van der Waals surface area (Å²) in [5.41, 5.74) is 5.71. The second kappa shape index (κ2) is 7.21. The topological polar surface area (TPSA) is 97.5 Å². The van der Waals surface area contributed by atoms with Gasteiger partial charge in [0.15, 0.2) is 10.7 Å². The van der Waals surface area contributed by atoms with Crippen LogP contribution < -0.4 is 11.1 Å². The highest BCUT2D eigenvalue weighted by atomic mass is 32.2. The van der Waals surface area contributed by atoms with Crippen LogP contribution in [0.4, 0.5) is 10.8 Å². The smallest absolute Gasteiger partial charge is 0.249 e. The monoisotopic (exact) mass is 322 g/mol. The highest BCUT2D eigenvalue weighted by Crippen LogP contribution is 2.33. The first-order valence-corrected chi connectivity index (χ1v) is 8.49. The summed E-state index contributed by atoms with van der Waals surface area (Å²) in [6.07, 6.45) is 1.83. The van der Waals surface area contributed by atoms with Crippen molar-refractivity contribution < 1.29 is 13.2 Å². The minimum Gasteiger partial charge on any atom is -0.383 e. The van der Waals surface area contributed by atoms with Crippen LogP contribution in [-0.4, -0.2) is 51.0 Å². The van der Waals surface area contributed by atoms with Gasteiger partial charge >= 0.3 is 0 Å². The Balaban J connectivity index is 3.09. The summed E-state index contributed by atoms with van der Waals surface area (Å²) in [7, 11) is 0.931. The van der Waals surface area contributed by atoms with Crippen LogP contribution in [0.3, 0.4) is 0 Å². The minimum atomic E-state index is -3.62. The maximum Gasteiger partial charge on any atom is 0.249 e. The molecule has 0 fully saturated rings. The van der Waals surface area contributed by atoms with E-state index in [0.29, 0.717) is 11.6 Å². The Hall–Kier alpha value is -0.900. The molecule has 0 spiro atoms. The van der Waals surface area contributed by atoms with Gasteiger partial charge in [-0.3, -0.25) is 0 Å².